The number of phenolic OH excluding ortho intramolecular Hbond substituents is 1. The van der Waals surface area contributed by atoms with Crippen LogP contribution in [0, 0.1) is 0 Å². The minimum absolute atomic E-state index is 0.132. The van der Waals surface area contributed by atoms with Gasteiger partial charge >= 0.3 is 0 Å². The van der Waals surface area contributed by atoms with Gasteiger partial charge in [0, 0.05) is 17.2 Å². The third kappa shape index (κ3) is 3.34. The van der Waals surface area contributed by atoms with Crippen molar-refractivity contribution in [3.05, 3.63) is 58.1 Å². The van der Waals surface area contributed by atoms with Crippen molar-refractivity contribution in [1.29, 1.82) is 0 Å². The molecule has 2 N–H and O–H groups in total. The summed E-state index contributed by atoms with van der Waals surface area (Å²) in [6.07, 6.45) is 1.58. The molecule has 1 fully saturated rings. The van der Waals surface area contributed by atoms with Crippen LogP contribution in [-0.2, 0) is 4.74 Å². The Morgan fingerprint density at radius 2 is 1.96 bits per heavy atom. The van der Waals surface area contributed by atoms with Crippen LogP contribution in [0.4, 0.5) is 5.69 Å². The SMILES string of the molecule is O=C(Nc1cc(Cl)ccc1O)c1ccc2c(c1)C(=O)N(C[C@H]1CCCO1)C2=O. The molecule has 2 aliphatic rings. The molecule has 3 amide bonds. The molecular weight excluding hydrogens is 384 g/mol. The zero-order chi connectivity index (χ0) is 19.8. The second-order valence-corrected chi connectivity index (χ2v) is 7.17. The summed E-state index contributed by atoms with van der Waals surface area (Å²) in [5.41, 5.74) is 0.801. The third-order valence-corrected chi connectivity index (χ3v) is 5.08. The van der Waals surface area contributed by atoms with E-state index in [9.17, 15) is 19.5 Å². The van der Waals surface area contributed by atoms with Crippen LogP contribution in [0.2, 0.25) is 5.02 Å². The Morgan fingerprint density at radius 1 is 1.18 bits per heavy atom. The molecule has 2 aromatic carbocycles. The van der Waals surface area contributed by atoms with Crippen molar-refractivity contribution in [3.8, 4) is 5.75 Å². The largest absolute Gasteiger partial charge is 0.506 e. The lowest BCUT2D eigenvalue weighted by atomic mass is 10.1. The molecule has 0 radical (unpaired) electrons. The fraction of sp³-hybridized carbons (Fsp3) is 0.250. The number of amides is 3. The first kappa shape index (κ1) is 18.5. The van der Waals surface area contributed by atoms with Gasteiger partial charge in [-0.1, -0.05) is 11.6 Å². The number of anilines is 1. The van der Waals surface area contributed by atoms with E-state index in [1.54, 1.807) is 0 Å². The van der Waals surface area contributed by atoms with Crippen molar-refractivity contribution in [1.82, 2.24) is 4.90 Å². The number of carbonyl (C=O) groups excluding carboxylic acids is 3. The van der Waals surface area contributed by atoms with E-state index in [1.807, 2.05) is 0 Å². The molecule has 7 nitrogen and oxygen atoms in total. The Bertz CT molecular complexity index is 985. The molecule has 0 bridgehead atoms. The van der Waals surface area contributed by atoms with Gasteiger partial charge < -0.3 is 15.2 Å². The molecule has 2 aromatic rings. The number of rotatable bonds is 4. The van der Waals surface area contributed by atoms with Crippen molar-refractivity contribution < 1.29 is 24.2 Å². The predicted molar refractivity (Wildman–Crippen MR) is 102 cm³/mol. The average Bonchev–Trinajstić information content (AvgIpc) is 3.27. The maximum absolute atomic E-state index is 12.7. The molecule has 0 spiro atoms. The minimum atomic E-state index is -0.529. The number of hydrogen-bond donors (Lipinski definition) is 2. The predicted octanol–water partition coefficient (Wildman–Crippen LogP) is 3.07. The van der Waals surface area contributed by atoms with Crippen molar-refractivity contribution in [2.24, 2.45) is 0 Å². The van der Waals surface area contributed by atoms with Crippen molar-refractivity contribution in [2.45, 2.75) is 18.9 Å². The Morgan fingerprint density at radius 3 is 2.71 bits per heavy atom. The molecule has 2 heterocycles. The van der Waals surface area contributed by atoms with Crippen molar-refractivity contribution >= 4 is 35.0 Å². The fourth-order valence-corrected chi connectivity index (χ4v) is 3.56. The number of carbonyl (C=O) groups is 3. The lowest BCUT2D eigenvalue weighted by Gasteiger charge is -2.17. The van der Waals surface area contributed by atoms with Crippen LogP contribution >= 0.6 is 11.6 Å². The normalized spacial score (nSPS) is 18.5. The molecule has 0 aromatic heterocycles. The quantitative estimate of drug-likeness (QED) is 0.607. The van der Waals surface area contributed by atoms with E-state index in [1.165, 1.54) is 41.3 Å². The molecule has 1 atom stereocenters. The van der Waals surface area contributed by atoms with Gasteiger partial charge in [-0.05, 0) is 49.2 Å². The van der Waals surface area contributed by atoms with Crippen LogP contribution in [-0.4, -0.2) is 47.0 Å². The molecule has 0 aliphatic carbocycles. The number of halogens is 1. The molecule has 4 rings (SSSR count). The Labute approximate surface area is 165 Å². The van der Waals surface area contributed by atoms with Gasteiger partial charge in [0.25, 0.3) is 17.7 Å². The summed E-state index contributed by atoms with van der Waals surface area (Å²) in [4.78, 5) is 38.9. The summed E-state index contributed by atoms with van der Waals surface area (Å²) >= 11 is 5.88. The number of fused-ring (bicyclic) bond motifs is 1. The highest BCUT2D eigenvalue weighted by Gasteiger charge is 2.38. The lowest BCUT2D eigenvalue weighted by molar-refractivity contribution is 0.0475. The van der Waals surface area contributed by atoms with Gasteiger partial charge in [-0.3, -0.25) is 19.3 Å². The maximum atomic E-state index is 12.7. The van der Waals surface area contributed by atoms with Gasteiger partial charge in [0.05, 0.1) is 29.5 Å². The number of aromatic hydroxyl groups is 1. The number of ether oxygens (including phenoxy) is 1. The van der Waals surface area contributed by atoms with Gasteiger partial charge in [0.2, 0.25) is 0 Å². The van der Waals surface area contributed by atoms with Crippen LogP contribution in [0.5, 0.6) is 5.75 Å². The smallest absolute Gasteiger partial charge is 0.261 e. The summed E-state index contributed by atoms with van der Waals surface area (Å²) in [5.74, 6) is -1.48. The number of hydrogen-bond acceptors (Lipinski definition) is 5. The maximum Gasteiger partial charge on any atom is 0.261 e. The third-order valence-electron chi connectivity index (χ3n) is 4.85. The summed E-state index contributed by atoms with van der Waals surface area (Å²) < 4.78 is 5.51. The van der Waals surface area contributed by atoms with Crippen molar-refractivity contribution in [2.75, 3.05) is 18.5 Å². The second kappa shape index (κ2) is 7.26. The Hall–Kier alpha value is -2.90. The molecule has 144 valence electrons. The van der Waals surface area contributed by atoms with E-state index in [0.29, 0.717) is 11.6 Å². The lowest BCUT2D eigenvalue weighted by Crippen LogP contribution is -2.36. The van der Waals surface area contributed by atoms with E-state index in [-0.39, 0.29) is 46.7 Å². The van der Waals surface area contributed by atoms with Crippen LogP contribution in [0.25, 0.3) is 0 Å². The zero-order valence-corrected chi connectivity index (χ0v) is 15.5. The Kier molecular flexibility index (Phi) is 4.78. The number of nitrogens with one attached hydrogen (secondary N) is 1. The van der Waals surface area contributed by atoms with Gasteiger partial charge in [0.15, 0.2) is 0 Å². The molecule has 0 saturated carbocycles. The number of benzene rings is 2. The minimum Gasteiger partial charge on any atom is -0.506 e. The average molecular weight is 401 g/mol. The van der Waals surface area contributed by atoms with Crippen LogP contribution in [0.1, 0.15) is 43.9 Å². The summed E-state index contributed by atoms with van der Waals surface area (Å²) in [6, 6.07) is 8.61. The summed E-state index contributed by atoms with van der Waals surface area (Å²) in [5, 5.41) is 12.7. The Balaban J connectivity index is 1.55. The van der Waals surface area contributed by atoms with Gasteiger partial charge in [-0.2, -0.15) is 0 Å². The topological polar surface area (TPSA) is 95.9 Å². The fourth-order valence-electron chi connectivity index (χ4n) is 3.39. The first-order valence-electron chi connectivity index (χ1n) is 8.86. The molecule has 1 saturated heterocycles. The van der Waals surface area contributed by atoms with Gasteiger partial charge in [-0.15, -0.1) is 0 Å². The van der Waals surface area contributed by atoms with Gasteiger partial charge in [-0.25, -0.2) is 0 Å². The second-order valence-electron chi connectivity index (χ2n) is 6.73. The first-order valence-corrected chi connectivity index (χ1v) is 9.23. The molecule has 2 aliphatic heterocycles. The summed E-state index contributed by atoms with van der Waals surface area (Å²) in [6.45, 7) is 0.846. The van der Waals surface area contributed by atoms with E-state index in [4.69, 9.17) is 16.3 Å². The highest BCUT2D eigenvalue weighted by molar-refractivity contribution is 6.31. The number of phenols is 1. The van der Waals surface area contributed by atoms with Crippen molar-refractivity contribution in [3.63, 3.8) is 0 Å². The van der Waals surface area contributed by atoms with E-state index >= 15 is 0 Å². The van der Waals surface area contributed by atoms with Crippen LogP contribution in [0.15, 0.2) is 36.4 Å². The van der Waals surface area contributed by atoms with E-state index in [2.05, 4.69) is 5.32 Å². The molecule has 8 heteroatoms. The summed E-state index contributed by atoms with van der Waals surface area (Å²) in [7, 11) is 0. The number of imide groups is 1. The zero-order valence-electron chi connectivity index (χ0n) is 14.8. The van der Waals surface area contributed by atoms with Gasteiger partial charge in [0.1, 0.15) is 5.75 Å². The first-order chi connectivity index (χ1) is 13.4. The molecule has 28 heavy (non-hydrogen) atoms. The standard InChI is InChI=1S/C20H17ClN2O5/c21-12-4-6-17(24)16(9-12)22-18(25)11-3-5-14-15(8-11)20(27)23(19(14)26)10-13-2-1-7-28-13/h3-6,8-9,13,24H,1-2,7,10H2,(H,22,25)/t13-/m1/s1. The highest BCUT2D eigenvalue weighted by Crippen LogP contribution is 2.29. The molecular formula is C20H17ClN2O5. The van der Waals surface area contributed by atoms with Crippen LogP contribution in [0.3, 0.4) is 0 Å². The highest BCUT2D eigenvalue weighted by atomic mass is 35.5. The molecule has 0 unspecified atom stereocenters. The monoisotopic (exact) mass is 400 g/mol. The number of nitrogens with zero attached hydrogens (tertiary/aromatic N) is 1. The van der Waals surface area contributed by atoms with E-state index in [0.717, 1.165) is 12.8 Å². The van der Waals surface area contributed by atoms with E-state index < -0.39 is 11.8 Å². The van der Waals surface area contributed by atoms with Crippen LogP contribution < -0.4 is 5.32 Å².